The summed E-state index contributed by atoms with van der Waals surface area (Å²) in [5, 5.41) is 6.18. The molecule has 8 rings (SSSR count). The Bertz CT molecular complexity index is 2020. The van der Waals surface area contributed by atoms with Crippen LogP contribution in [0.3, 0.4) is 0 Å². The predicted octanol–water partition coefficient (Wildman–Crippen LogP) is 7.42. The quantitative estimate of drug-likeness (QED) is 0.197. The number of piperidine rings is 1. The molecule has 1 spiro atoms. The molecule has 0 radical (unpaired) electrons. The zero-order chi connectivity index (χ0) is 36.3. The van der Waals surface area contributed by atoms with Gasteiger partial charge in [-0.05, 0) is 122 Å². The van der Waals surface area contributed by atoms with Crippen LogP contribution in [0.5, 0.6) is 0 Å². The zero-order valence-electron chi connectivity index (χ0n) is 31.0. The average Bonchev–Trinajstić information content (AvgIpc) is 3.64. The maximum atomic E-state index is 15.6. The molecule has 10 nitrogen and oxygen atoms in total. The van der Waals surface area contributed by atoms with E-state index in [-0.39, 0.29) is 35.6 Å². The van der Waals surface area contributed by atoms with Gasteiger partial charge >= 0.3 is 0 Å². The average molecular weight is 708 g/mol. The zero-order valence-corrected chi connectivity index (χ0v) is 31.0. The van der Waals surface area contributed by atoms with Crippen LogP contribution >= 0.6 is 0 Å². The van der Waals surface area contributed by atoms with Gasteiger partial charge in [0.05, 0.1) is 28.6 Å². The number of fused-ring (bicyclic) bond motifs is 3. The number of ether oxygens (including phenoxy) is 1. The summed E-state index contributed by atoms with van der Waals surface area (Å²) in [6.07, 6.45) is 8.96. The Kier molecular flexibility index (Phi) is 9.06. The number of nitrogens with zero attached hydrogens (tertiary/aromatic N) is 5. The van der Waals surface area contributed by atoms with E-state index in [2.05, 4.69) is 52.5 Å². The number of pyridine rings is 1. The molecule has 1 saturated carbocycles. The normalized spacial score (nSPS) is 21.6. The van der Waals surface area contributed by atoms with Crippen LogP contribution in [0.25, 0.3) is 22.3 Å². The van der Waals surface area contributed by atoms with E-state index in [9.17, 15) is 9.59 Å². The summed E-state index contributed by atoms with van der Waals surface area (Å²) >= 11 is 0. The second kappa shape index (κ2) is 13.6. The number of aryl methyl sites for hydroxylation is 1. The van der Waals surface area contributed by atoms with Crippen LogP contribution in [0, 0.1) is 12.7 Å². The minimum absolute atomic E-state index is 0.0630. The molecule has 2 N–H and O–H groups in total. The molecule has 4 aliphatic rings. The van der Waals surface area contributed by atoms with E-state index in [4.69, 9.17) is 14.7 Å². The molecule has 0 unspecified atom stereocenters. The highest BCUT2D eigenvalue weighted by molar-refractivity contribution is 6.09. The summed E-state index contributed by atoms with van der Waals surface area (Å²) in [6.45, 7) is 13.1. The number of benzene rings is 2. The van der Waals surface area contributed by atoms with E-state index >= 15 is 4.39 Å². The van der Waals surface area contributed by atoms with Crippen molar-refractivity contribution < 1.29 is 18.7 Å². The van der Waals surface area contributed by atoms with Crippen LogP contribution in [-0.2, 0) is 14.9 Å². The first kappa shape index (κ1) is 34.7. The molecule has 3 fully saturated rings. The Morgan fingerprint density at radius 3 is 2.46 bits per heavy atom. The predicted molar refractivity (Wildman–Crippen MR) is 202 cm³/mol. The maximum absolute atomic E-state index is 15.6. The molecule has 1 aliphatic carbocycles. The van der Waals surface area contributed by atoms with Crippen molar-refractivity contribution in [3.63, 3.8) is 0 Å². The molecule has 2 aromatic carbocycles. The van der Waals surface area contributed by atoms with Gasteiger partial charge in [-0.15, -0.1) is 0 Å². The molecule has 2 aromatic heterocycles. The molecule has 11 heteroatoms. The number of rotatable bonds is 8. The SMILES string of the molecule is Cc1cc(F)c(Nc2nc(-c3ccc4c(c3)N([C@H]3C[C@@H](N5CCCCC5)C3)C(=O)C43CCOCC3)cc3ncn(C(C)C)c23)cc1C(=O)NC(C)C. The fourth-order valence-electron chi connectivity index (χ4n) is 8.83. The highest BCUT2D eigenvalue weighted by atomic mass is 19.1. The first-order valence-electron chi connectivity index (χ1n) is 19.1. The third-order valence-corrected chi connectivity index (χ3v) is 11.7. The molecule has 5 heterocycles. The van der Waals surface area contributed by atoms with Gasteiger partial charge in [0.15, 0.2) is 5.82 Å². The molecule has 2 saturated heterocycles. The summed E-state index contributed by atoms with van der Waals surface area (Å²) in [6, 6.07) is 11.9. The first-order valence-corrected chi connectivity index (χ1v) is 19.1. The van der Waals surface area contributed by atoms with Crippen molar-refractivity contribution in [3.8, 4) is 11.3 Å². The smallest absolute Gasteiger partial charge is 0.251 e. The number of aromatic nitrogens is 3. The molecule has 2 amide bonds. The third kappa shape index (κ3) is 5.95. The minimum atomic E-state index is -0.564. The number of nitrogens with one attached hydrogen (secondary N) is 2. The van der Waals surface area contributed by atoms with Gasteiger partial charge in [0.2, 0.25) is 5.91 Å². The van der Waals surface area contributed by atoms with Gasteiger partial charge in [0.25, 0.3) is 5.91 Å². The summed E-state index contributed by atoms with van der Waals surface area (Å²) in [5.41, 5.74) is 5.57. The Hall–Kier alpha value is -4.35. The fraction of sp³-hybridized carbons (Fsp3) is 0.512. The van der Waals surface area contributed by atoms with E-state index in [1.807, 2.05) is 24.5 Å². The maximum Gasteiger partial charge on any atom is 0.251 e. The van der Waals surface area contributed by atoms with Crippen molar-refractivity contribution in [1.29, 1.82) is 0 Å². The van der Waals surface area contributed by atoms with Gasteiger partial charge in [0.1, 0.15) is 11.3 Å². The Balaban J connectivity index is 1.19. The number of amides is 2. The minimum Gasteiger partial charge on any atom is -0.381 e. The molecule has 4 aromatic rings. The summed E-state index contributed by atoms with van der Waals surface area (Å²) in [5.74, 6) is -0.0951. The van der Waals surface area contributed by atoms with E-state index in [0.29, 0.717) is 60.3 Å². The van der Waals surface area contributed by atoms with Crippen LogP contribution in [0.2, 0.25) is 0 Å². The van der Waals surface area contributed by atoms with Crippen molar-refractivity contribution in [3.05, 3.63) is 65.2 Å². The molecule has 274 valence electrons. The molecule has 3 aliphatic heterocycles. The van der Waals surface area contributed by atoms with Crippen LogP contribution in [0.1, 0.15) is 100 Å². The highest BCUT2D eigenvalue weighted by Gasteiger charge is 2.55. The van der Waals surface area contributed by atoms with Gasteiger partial charge < -0.3 is 29.7 Å². The van der Waals surface area contributed by atoms with E-state index < -0.39 is 11.2 Å². The van der Waals surface area contributed by atoms with Gasteiger partial charge in [-0.3, -0.25) is 9.59 Å². The molecule has 52 heavy (non-hydrogen) atoms. The second-order valence-corrected chi connectivity index (χ2v) is 15.8. The van der Waals surface area contributed by atoms with Crippen LogP contribution in [0.15, 0.2) is 42.7 Å². The molecular formula is C41H50FN7O3. The number of halogens is 1. The number of hydrogen-bond donors (Lipinski definition) is 2. The summed E-state index contributed by atoms with van der Waals surface area (Å²) in [7, 11) is 0. The lowest BCUT2D eigenvalue weighted by atomic mass is 9.75. The van der Waals surface area contributed by atoms with Crippen molar-refractivity contribution in [2.45, 2.75) is 109 Å². The third-order valence-electron chi connectivity index (χ3n) is 11.7. The largest absolute Gasteiger partial charge is 0.381 e. The number of hydrogen-bond acceptors (Lipinski definition) is 7. The van der Waals surface area contributed by atoms with Gasteiger partial charge in [-0.2, -0.15) is 0 Å². The lowest BCUT2D eigenvalue weighted by Crippen LogP contribution is -2.57. The molecular weight excluding hydrogens is 657 g/mol. The van der Waals surface area contributed by atoms with E-state index in [0.717, 1.165) is 48.3 Å². The van der Waals surface area contributed by atoms with Gasteiger partial charge in [-0.25, -0.2) is 14.4 Å². The molecule has 0 atom stereocenters. The van der Waals surface area contributed by atoms with Gasteiger partial charge in [0, 0.05) is 54.2 Å². The van der Waals surface area contributed by atoms with E-state index in [1.165, 1.54) is 25.3 Å². The fourth-order valence-corrected chi connectivity index (χ4v) is 8.83. The first-order chi connectivity index (χ1) is 25.0. The number of likely N-dealkylation sites (tertiary alicyclic amines) is 1. The monoisotopic (exact) mass is 707 g/mol. The number of carbonyl (C=O) groups is 2. The van der Waals surface area contributed by atoms with Crippen molar-refractivity contribution in [2.24, 2.45) is 0 Å². The Morgan fingerprint density at radius 2 is 1.75 bits per heavy atom. The molecule has 0 bridgehead atoms. The van der Waals surface area contributed by atoms with Crippen LogP contribution < -0.4 is 15.5 Å². The lowest BCUT2D eigenvalue weighted by molar-refractivity contribution is -0.127. The van der Waals surface area contributed by atoms with Crippen LogP contribution in [-0.4, -0.2) is 75.7 Å². The Labute approximate surface area is 305 Å². The standard InChI is InChI=1S/C41H50FN7O3/c1-24(2)44-39(50)30-21-34(32(42)17-26(30)5)46-38-37-35(43-23-48(37)25(3)4)22-33(45-38)27-9-10-31-36(18-27)49(40(51)41(31)11-15-52-16-12-41)29-19-28(20-29)47-13-7-6-8-14-47/h9-10,17-18,21-25,28-29H,6-8,11-16,19-20H2,1-5H3,(H,44,50)(H,45,46)/t28-,29+. The van der Waals surface area contributed by atoms with Crippen LogP contribution in [0.4, 0.5) is 21.6 Å². The van der Waals surface area contributed by atoms with Gasteiger partial charge in [-0.1, -0.05) is 18.6 Å². The highest BCUT2D eigenvalue weighted by Crippen LogP contribution is 2.52. The lowest BCUT2D eigenvalue weighted by Gasteiger charge is -2.48. The number of carbonyl (C=O) groups excluding carboxylic acids is 2. The second-order valence-electron chi connectivity index (χ2n) is 15.8. The Morgan fingerprint density at radius 1 is 1.00 bits per heavy atom. The number of imidazole rings is 1. The summed E-state index contributed by atoms with van der Waals surface area (Å²) < 4.78 is 23.4. The van der Waals surface area contributed by atoms with Crippen molar-refractivity contribution in [2.75, 3.05) is 36.5 Å². The summed E-state index contributed by atoms with van der Waals surface area (Å²) in [4.78, 5) is 42.2. The van der Waals surface area contributed by atoms with E-state index in [1.54, 1.807) is 19.3 Å². The van der Waals surface area contributed by atoms with Crippen molar-refractivity contribution in [1.82, 2.24) is 24.8 Å². The number of anilines is 3. The topological polar surface area (TPSA) is 105 Å². The van der Waals surface area contributed by atoms with Crippen molar-refractivity contribution >= 4 is 40.0 Å².